The van der Waals surface area contributed by atoms with Gasteiger partial charge in [0.05, 0.1) is 0 Å². The van der Waals surface area contributed by atoms with E-state index in [-0.39, 0.29) is 5.91 Å². The predicted octanol–water partition coefficient (Wildman–Crippen LogP) is 4.63. The Morgan fingerprint density at radius 3 is 2.55 bits per heavy atom. The maximum Gasteiger partial charge on any atom is 0.248 e. The number of carbonyl (C=O) groups is 1. The van der Waals surface area contributed by atoms with Gasteiger partial charge in [-0.2, -0.15) is 0 Å². The Hall–Kier alpha value is -3.11. The molecular formula is C25H27N3O. The molecule has 29 heavy (non-hydrogen) atoms. The Labute approximate surface area is 172 Å². The van der Waals surface area contributed by atoms with E-state index < -0.39 is 0 Å². The van der Waals surface area contributed by atoms with Crippen molar-refractivity contribution in [2.24, 2.45) is 0 Å². The first-order valence-corrected chi connectivity index (χ1v) is 10.1. The second-order valence-corrected chi connectivity index (χ2v) is 7.79. The van der Waals surface area contributed by atoms with Gasteiger partial charge in [-0.05, 0) is 67.2 Å². The van der Waals surface area contributed by atoms with Crippen molar-refractivity contribution in [3.8, 4) is 0 Å². The zero-order valence-corrected chi connectivity index (χ0v) is 17.0. The molecule has 1 amide bonds. The van der Waals surface area contributed by atoms with Crippen LogP contribution in [0.2, 0.25) is 0 Å². The molecule has 1 aliphatic rings. The van der Waals surface area contributed by atoms with Gasteiger partial charge in [0, 0.05) is 36.6 Å². The average Bonchev–Trinajstić information content (AvgIpc) is 3.23. The summed E-state index contributed by atoms with van der Waals surface area (Å²) < 4.78 is 0. The monoisotopic (exact) mass is 385 g/mol. The number of anilines is 2. The lowest BCUT2D eigenvalue weighted by atomic mass is 10.0. The van der Waals surface area contributed by atoms with E-state index in [1.165, 1.54) is 17.5 Å². The summed E-state index contributed by atoms with van der Waals surface area (Å²) in [6.45, 7) is 2.12. The molecule has 1 aliphatic heterocycles. The molecule has 0 bridgehead atoms. The second-order valence-electron chi connectivity index (χ2n) is 7.79. The minimum absolute atomic E-state index is 0.125. The summed E-state index contributed by atoms with van der Waals surface area (Å²) in [5.74, 6) is -0.125. The summed E-state index contributed by atoms with van der Waals surface area (Å²) in [6, 6.07) is 23.0. The topological polar surface area (TPSA) is 35.6 Å². The highest BCUT2D eigenvalue weighted by molar-refractivity contribution is 6.03. The minimum atomic E-state index is -0.125. The van der Waals surface area contributed by atoms with E-state index in [9.17, 15) is 4.79 Å². The molecule has 1 fully saturated rings. The van der Waals surface area contributed by atoms with Gasteiger partial charge in [0.2, 0.25) is 5.91 Å². The fraction of sp³-hybridized carbons (Fsp3) is 0.240. The standard InChI is InChI=1S/C25H27N3O/c1-27(2)23-16-17-28(18-23)22-13-11-21(12-14-22)26-25(29)15-10-20-8-5-7-19-6-3-4-9-24(19)20/h3-15,23H,16-18H2,1-2H3,(H,26,29)/b15-10+. The SMILES string of the molecule is CN(C)C1CCN(c2ccc(NC(=O)/C=C/c3cccc4ccccc34)cc2)C1. The van der Waals surface area contributed by atoms with Gasteiger partial charge in [-0.3, -0.25) is 4.79 Å². The quantitative estimate of drug-likeness (QED) is 0.651. The number of nitrogens with zero attached hydrogens (tertiary/aromatic N) is 2. The van der Waals surface area contributed by atoms with E-state index in [0.717, 1.165) is 29.7 Å². The van der Waals surface area contributed by atoms with E-state index in [0.29, 0.717) is 6.04 Å². The Kier molecular flexibility index (Phi) is 5.63. The van der Waals surface area contributed by atoms with Crippen LogP contribution < -0.4 is 10.2 Å². The third-order valence-corrected chi connectivity index (χ3v) is 5.63. The van der Waals surface area contributed by atoms with Gasteiger partial charge in [0.15, 0.2) is 0 Å². The highest BCUT2D eigenvalue weighted by Gasteiger charge is 2.23. The van der Waals surface area contributed by atoms with Crippen molar-refractivity contribution in [1.29, 1.82) is 0 Å². The number of benzene rings is 3. The summed E-state index contributed by atoms with van der Waals surface area (Å²) in [5.41, 5.74) is 3.06. The summed E-state index contributed by atoms with van der Waals surface area (Å²) >= 11 is 0. The van der Waals surface area contributed by atoms with Crippen molar-refractivity contribution in [2.45, 2.75) is 12.5 Å². The third-order valence-electron chi connectivity index (χ3n) is 5.63. The molecule has 148 valence electrons. The Balaban J connectivity index is 1.39. The molecule has 1 saturated heterocycles. The Bertz CT molecular complexity index is 1020. The molecule has 0 saturated carbocycles. The molecule has 3 aromatic rings. The lowest BCUT2D eigenvalue weighted by molar-refractivity contribution is -0.111. The number of hydrogen-bond acceptors (Lipinski definition) is 3. The van der Waals surface area contributed by atoms with Crippen LogP contribution in [-0.4, -0.2) is 44.0 Å². The van der Waals surface area contributed by atoms with Crippen LogP contribution in [0.15, 0.2) is 72.8 Å². The van der Waals surface area contributed by atoms with Crippen LogP contribution in [0.25, 0.3) is 16.8 Å². The number of fused-ring (bicyclic) bond motifs is 1. The molecule has 1 N–H and O–H groups in total. The molecule has 4 heteroatoms. The zero-order valence-electron chi connectivity index (χ0n) is 17.0. The minimum Gasteiger partial charge on any atom is -0.370 e. The maximum atomic E-state index is 12.4. The summed E-state index contributed by atoms with van der Waals surface area (Å²) in [4.78, 5) is 17.1. The number of hydrogen-bond donors (Lipinski definition) is 1. The fourth-order valence-electron chi connectivity index (χ4n) is 3.90. The first kappa shape index (κ1) is 19.2. The van der Waals surface area contributed by atoms with Gasteiger partial charge in [-0.25, -0.2) is 0 Å². The molecule has 1 unspecified atom stereocenters. The van der Waals surface area contributed by atoms with E-state index in [1.54, 1.807) is 6.08 Å². The van der Waals surface area contributed by atoms with Crippen LogP contribution in [-0.2, 0) is 4.79 Å². The van der Waals surface area contributed by atoms with Crippen molar-refractivity contribution in [2.75, 3.05) is 37.4 Å². The molecule has 0 aromatic heterocycles. The normalized spacial score (nSPS) is 16.8. The van der Waals surface area contributed by atoms with Gasteiger partial charge >= 0.3 is 0 Å². The average molecular weight is 386 g/mol. The van der Waals surface area contributed by atoms with Crippen molar-refractivity contribution in [3.63, 3.8) is 0 Å². The number of carbonyl (C=O) groups excluding carboxylic acids is 1. The van der Waals surface area contributed by atoms with Crippen molar-refractivity contribution >= 4 is 34.1 Å². The van der Waals surface area contributed by atoms with Crippen LogP contribution >= 0.6 is 0 Å². The number of rotatable bonds is 5. The lowest BCUT2D eigenvalue weighted by Crippen LogP contribution is -2.31. The number of likely N-dealkylation sites (N-methyl/N-ethyl adjacent to an activating group) is 1. The van der Waals surface area contributed by atoms with Crippen LogP contribution in [0, 0.1) is 0 Å². The summed E-state index contributed by atoms with van der Waals surface area (Å²) in [5, 5.41) is 5.27. The molecular weight excluding hydrogens is 358 g/mol. The van der Waals surface area contributed by atoms with E-state index in [4.69, 9.17) is 0 Å². The Morgan fingerprint density at radius 1 is 1.03 bits per heavy atom. The molecule has 4 rings (SSSR count). The van der Waals surface area contributed by atoms with E-state index in [1.807, 2.05) is 42.5 Å². The molecule has 1 heterocycles. The van der Waals surface area contributed by atoms with Gasteiger partial charge in [-0.15, -0.1) is 0 Å². The van der Waals surface area contributed by atoms with E-state index in [2.05, 4.69) is 59.5 Å². The fourth-order valence-corrected chi connectivity index (χ4v) is 3.90. The molecule has 3 aromatic carbocycles. The summed E-state index contributed by atoms with van der Waals surface area (Å²) in [6.07, 6.45) is 4.65. The van der Waals surface area contributed by atoms with Gasteiger partial charge in [0.25, 0.3) is 0 Å². The second kappa shape index (κ2) is 8.50. The molecule has 1 atom stereocenters. The predicted molar refractivity (Wildman–Crippen MR) is 122 cm³/mol. The van der Waals surface area contributed by atoms with Crippen molar-refractivity contribution in [3.05, 3.63) is 78.4 Å². The Morgan fingerprint density at radius 2 is 1.79 bits per heavy atom. The highest BCUT2D eigenvalue weighted by Crippen LogP contribution is 2.24. The van der Waals surface area contributed by atoms with Crippen LogP contribution in [0.1, 0.15) is 12.0 Å². The molecule has 0 radical (unpaired) electrons. The first-order valence-electron chi connectivity index (χ1n) is 10.1. The molecule has 0 aliphatic carbocycles. The van der Waals surface area contributed by atoms with Crippen molar-refractivity contribution < 1.29 is 4.79 Å². The highest BCUT2D eigenvalue weighted by atomic mass is 16.1. The lowest BCUT2D eigenvalue weighted by Gasteiger charge is -2.22. The van der Waals surface area contributed by atoms with Crippen LogP contribution in [0.3, 0.4) is 0 Å². The van der Waals surface area contributed by atoms with Gasteiger partial charge in [0.1, 0.15) is 0 Å². The maximum absolute atomic E-state index is 12.4. The number of nitrogens with one attached hydrogen (secondary N) is 1. The van der Waals surface area contributed by atoms with E-state index >= 15 is 0 Å². The third kappa shape index (κ3) is 4.49. The number of amides is 1. The van der Waals surface area contributed by atoms with Crippen LogP contribution in [0.5, 0.6) is 0 Å². The van der Waals surface area contributed by atoms with Crippen LogP contribution in [0.4, 0.5) is 11.4 Å². The first-order chi connectivity index (χ1) is 14.1. The molecule has 4 nitrogen and oxygen atoms in total. The smallest absolute Gasteiger partial charge is 0.248 e. The van der Waals surface area contributed by atoms with Crippen molar-refractivity contribution in [1.82, 2.24) is 4.90 Å². The zero-order chi connectivity index (χ0) is 20.2. The van der Waals surface area contributed by atoms with Gasteiger partial charge < -0.3 is 15.1 Å². The molecule has 0 spiro atoms. The largest absolute Gasteiger partial charge is 0.370 e. The van der Waals surface area contributed by atoms with Gasteiger partial charge in [-0.1, -0.05) is 42.5 Å². The summed E-state index contributed by atoms with van der Waals surface area (Å²) in [7, 11) is 4.27.